The number of nitrogens with one attached hydrogen (secondary N) is 1. The van der Waals surface area contributed by atoms with Gasteiger partial charge in [-0.2, -0.15) is 0 Å². The van der Waals surface area contributed by atoms with Crippen molar-refractivity contribution in [3.8, 4) is 0 Å². The summed E-state index contributed by atoms with van der Waals surface area (Å²) in [6.07, 6.45) is 7.65. The van der Waals surface area contributed by atoms with Crippen LogP contribution in [-0.2, 0) is 24.3 Å². The number of rotatable bonds is 8. The van der Waals surface area contributed by atoms with Gasteiger partial charge in [0.1, 0.15) is 0 Å². The van der Waals surface area contributed by atoms with Crippen molar-refractivity contribution in [2.24, 2.45) is 11.8 Å². The molecular formula is C22H31N5O. The molecule has 28 heavy (non-hydrogen) atoms. The van der Waals surface area contributed by atoms with Gasteiger partial charge in [0.2, 0.25) is 5.91 Å². The Balaban J connectivity index is 1.30. The Kier molecular flexibility index (Phi) is 6.05. The van der Waals surface area contributed by atoms with E-state index in [0.29, 0.717) is 18.5 Å². The third-order valence-electron chi connectivity index (χ3n) is 6.30. The van der Waals surface area contributed by atoms with Crippen LogP contribution in [0.5, 0.6) is 0 Å². The number of carbonyl (C=O) groups excluding carboxylic acids is 1. The van der Waals surface area contributed by atoms with Gasteiger partial charge in [0.05, 0.1) is 18.2 Å². The highest BCUT2D eigenvalue weighted by Gasteiger charge is 2.43. The number of hydrogen-bond donors (Lipinski definition) is 1. The largest absolute Gasteiger partial charge is 0.352 e. The smallest absolute Gasteiger partial charge is 0.224 e. The Labute approximate surface area is 167 Å². The standard InChI is InChI=1S/C22H31N5O/c1-2-3-9-19-14-27(25-24-19)15-20-12-18-10-11-26(20)16-21(18)22(28)23-13-17-7-5-4-6-8-17/h4-8,14,18,20-21H,2-3,9-13,15-16H2,1H3,(H,23,28)/t18-,20-,21+/m1/s1. The van der Waals surface area contributed by atoms with Crippen molar-refractivity contribution < 1.29 is 4.79 Å². The molecule has 1 unspecified atom stereocenters. The van der Waals surface area contributed by atoms with Crippen molar-refractivity contribution in [3.63, 3.8) is 0 Å². The van der Waals surface area contributed by atoms with Gasteiger partial charge in [-0.1, -0.05) is 48.9 Å². The van der Waals surface area contributed by atoms with Crippen LogP contribution in [0.1, 0.15) is 43.9 Å². The predicted octanol–water partition coefficient (Wildman–Crippen LogP) is 2.65. The van der Waals surface area contributed by atoms with Gasteiger partial charge in [0.25, 0.3) is 0 Å². The van der Waals surface area contributed by atoms with Gasteiger partial charge >= 0.3 is 0 Å². The molecule has 0 saturated carbocycles. The van der Waals surface area contributed by atoms with E-state index in [9.17, 15) is 4.79 Å². The van der Waals surface area contributed by atoms with Crippen LogP contribution in [0, 0.1) is 11.8 Å². The van der Waals surface area contributed by atoms with Crippen LogP contribution in [0.2, 0.25) is 0 Å². The summed E-state index contributed by atoms with van der Waals surface area (Å²) >= 11 is 0. The first-order valence-corrected chi connectivity index (χ1v) is 10.7. The molecule has 2 aromatic rings. The Bertz CT molecular complexity index is 774. The molecule has 3 aliphatic heterocycles. The Morgan fingerprint density at radius 3 is 2.89 bits per heavy atom. The molecule has 0 aliphatic carbocycles. The minimum atomic E-state index is 0.115. The fourth-order valence-electron chi connectivity index (χ4n) is 4.66. The molecule has 1 N–H and O–H groups in total. The van der Waals surface area contributed by atoms with E-state index in [4.69, 9.17) is 0 Å². The monoisotopic (exact) mass is 381 g/mol. The third kappa shape index (κ3) is 4.43. The first kappa shape index (κ1) is 19.1. The fourth-order valence-corrected chi connectivity index (χ4v) is 4.66. The van der Waals surface area contributed by atoms with Crippen molar-refractivity contribution >= 4 is 5.91 Å². The van der Waals surface area contributed by atoms with Gasteiger partial charge < -0.3 is 5.32 Å². The molecule has 0 spiro atoms. The zero-order valence-corrected chi connectivity index (χ0v) is 16.8. The summed E-state index contributed by atoms with van der Waals surface area (Å²) in [5.41, 5.74) is 2.25. The molecule has 3 aliphatic rings. The maximum Gasteiger partial charge on any atom is 0.224 e. The number of benzene rings is 1. The van der Waals surface area contributed by atoms with Gasteiger partial charge in [-0.15, -0.1) is 5.10 Å². The number of unbranched alkanes of at least 4 members (excludes halogenated alkanes) is 1. The summed E-state index contributed by atoms with van der Waals surface area (Å²) in [4.78, 5) is 15.3. The molecular weight excluding hydrogens is 350 g/mol. The average molecular weight is 382 g/mol. The SMILES string of the molecule is CCCCc1cn(C[C@H]2C[C@H]3CCN2C[C@@H]3C(=O)NCc2ccccc2)nn1. The van der Waals surface area contributed by atoms with E-state index in [1.54, 1.807) is 0 Å². The molecule has 4 atom stereocenters. The summed E-state index contributed by atoms with van der Waals surface area (Å²) in [6, 6.07) is 10.6. The van der Waals surface area contributed by atoms with Gasteiger partial charge in [-0.3, -0.25) is 14.4 Å². The van der Waals surface area contributed by atoms with Gasteiger partial charge in [0, 0.05) is 25.3 Å². The molecule has 3 fully saturated rings. The quantitative estimate of drug-likeness (QED) is 0.764. The number of aryl methyl sites for hydroxylation is 1. The normalized spacial score (nSPS) is 26.3. The van der Waals surface area contributed by atoms with Crippen molar-refractivity contribution in [2.45, 2.75) is 58.2 Å². The number of carbonyl (C=O) groups is 1. The van der Waals surface area contributed by atoms with E-state index in [2.05, 4.69) is 45.8 Å². The van der Waals surface area contributed by atoms with Crippen molar-refractivity contribution in [2.75, 3.05) is 13.1 Å². The highest BCUT2D eigenvalue weighted by molar-refractivity contribution is 5.79. The number of nitrogens with zero attached hydrogens (tertiary/aromatic N) is 4. The number of hydrogen-bond acceptors (Lipinski definition) is 4. The summed E-state index contributed by atoms with van der Waals surface area (Å²) < 4.78 is 2.00. The van der Waals surface area contributed by atoms with Gasteiger partial charge in [0.15, 0.2) is 0 Å². The third-order valence-corrected chi connectivity index (χ3v) is 6.30. The zero-order valence-electron chi connectivity index (χ0n) is 16.8. The topological polar surface area (TPSA) is 63.1 Å². The number of piperidine rings is 3. The van der Waals surface area contributed by atoms with Crippen LogP contribution in [0.15, 0.2) is 36.5 Å². The predicted molar refractivity (Wildman–Crippen MR) is 108 cm³/mol. The van der Waals surface area contributed by atoms with Crippen molar-refractivity contribution in [3.05, 3.63) is 47.8 Å². The lowest BCUT2D eigenvalue weighted by Crippen LogP contribution is -2.58. The second-order valence-corrected chi connectivity index (χ2v) is 8.28. The lowest BCUT2D eigenvalue weighted by atomic mass is 9.75. The van der Waals surface area contributed by atoms with Crippen LogP contribution in [0.4, 0.5) is 0 Å². The molecule has 150 valence electrons. The molecule has 0 radical (unpaired) electrons. The van der Waals surface area contributed by atoms with Crippen LogP contribution in [-0.4, -0.2) is 44.9 Å². The Morgan fingerprint density at radius 1 is 1.29 bits per heavy atom. The van der Waals surface area contributed by atoms with E-state index < -0.39 is 0 Å². The van der Waals surface area contributed by atoms with Crippen molar-refractivity contribution in [1.29, 1.82) is 0 Å². The molecule has 3 saturated heterocycles. The van der Waals surface area contributed by atoms with Crippen molar-refractivity contribution in [1.82, 2.24) is 25.2 Å². The van der Waals surface area contributed by atoms with Gasteiger partial charge in [-0.25, -0.2) is 0 Å². The molecule has 6 nitrogen and oxygen atoms in total. The van der Waals surface area contributed by atoms with E-state index in [1.807, 2.05) is 22.9 Å². The summed E-state index contributed by atoms with van der Waals surface area (Å²) in [7, 11) is 0. The maximum atomic E-state index is 12.8. The van der Waals surface area contributed by atoms with Crippen LogP contribution in [0.25, 0.3) is 0 Å². The van der Waals surface area contributed by atoms with Gasteiger partial charge in [-0.05, 0) is 43.7 Å². The molecule has 1 amide bonds. The molecule has 5 rings (SSSR count). The zero-order chi connectivity index (χ0) is 19.3. The lowest BCUT2D eigenvalue weighted by molar-refractivity contribution is -0.133. The summed E-state index contributed by atoms with van der Waals surface area (Å²) in [5, 5.41) is 11.8. The minimum absolute atomic E-state index is 0.115. The lowest BCUT2D eigenvalue weighted by Gasteiger charge is -2.49. The highest BCUT2D eigenvalue weighted by atomic mass is 16.1. The summed E-state index contributed by atoms with van der Waals surface area (Å²) in [5.74, 6) is 0.804. The Morgan fingerprint density at radius 2 is 2.14 bits per heavy atom. The molecule has 1 aromatic carbocycles. The number of fused-ring (bicyclic) bond motifs is 3. The molecule has 4 heterocycles. The van der Waals surface area contributed by atoms with E-state index in [1.165, 1.54) is 6.42 Å². The van der Waals surface area contributed by atoms with Crippen LogP contribution in [0.3, 0.4) is 0 Å². The number of amides is 1. The molecule has 6 heteroatoms. The van der Waals surface area contributed by atoms with E-state index in [0.717, 1.165) is 56.6 Å². The van der Waals surface area contributed by atoms with E-state index >= 15 is 0 Å². The summed E-state index contributed by atoms with van der Waals surface area (Å²) in [6.45, 7) is 5.66. The minimum Gasteiger partial charge on any atom is -0.352 e. The number of aromatic nitrogens is 3. The second kappa shape index (κ2) is 8.86. The highest BCUT2D eigenvalue weighted by Crippen LogP contribution is 2.37. The molecule has 1 aromatic heterocycles. The molecule has 2 bridgehead atoms. The Hall–Kier alpha value is -2.21. The first-order valence-electron chi connectivity index (χ1n) is 10.7. The van der Waals surface area contributed by atoms with Crippen LogP contribution < -0.4 is 5.32 Å². The average Bonchev–Trinajstić information content (AvgIpc) is 3.19. The maximum absolute atomic E-state index is 12.8. The fraction of sp³-hybridized carbons (Fsp3) is 0.591. The second-order valence-electron chi connectivity index (χ2n) is 8.28. The first-order chi connectivity index (χ1) is 13.7. The van der Waals surface area contributed by atoms with E-state index in [-0.39, 0.29) is 11.8 Å². The van der Waals surface area contributed by atoms with Crippen LogP contribution >= 0.6 is 0 Å².